The van der Waals surface area contributed by atoms with Crippen LogP contribution in [-0.4, -0.2) is 5.78 Å². The molecule has 0 amide bonds. The van der Waals surface area contributed by atoms with Gasteiger partial charge in [-0.15, -0.1) is 0 Å². The quantitative estimate of drug-likeness (QED) is 0.777. The van der Waals surface area contributed by atoms with Crippen molar-refractivity contribution in [2.75, 3.05) is 0 Å². The molecule has 0 aliphatic heterocycles. The van der Waals surface area contributed by atoms with Crippen molar-refractivity contribution in [3.05, 3.63) is 56.9 Å². The number of furan rings is 1. The third-order valence-electron chi connectivity index (χ3n) is 2.14. The Morgan fingerprint density at radius 3 is 2.62 bits per heavy atom. The Balaban J connectivity index is 2.41. The Labute approximate surface area is 106 Å². The number of benzene rings is 1. The minimum absolute atomic E-state index is 0.156. The first-order valence-electron chi connectivity index (χ1n) is 4.64. The van der Waals surface area contributed by atoms with Crippen molar-refractivity contribution in [2.24, 2.45) is 0 Å². The minimum Gasteiger partial charge on any atom is -0.458 e. The molecule has 0 saturated heterocycles. The first-order chi connectivity index (χ1) is 7.58. The highest BCUT2D eigenvalue weighted by molar-refractivity contribution is 9.10. The number of hydrogen-bond acceptors (Lipinski definition) is 2. The molecule has 82 valence electrons. The van der Waals surface area contributed by atoms with Crippen molar-refractivity contribution in [1.29, 1.82) is 0 Å². The second kappa shape index (κ2) is 4.44. The maximum Gasteiger partial charge on any atom is 0.229 e. The first kappa shape index (κ1) is 11.4. The third kappa shape index (κ3) is 2.20. The van der Waals surface area contributed by atoms with Gasteiger partial charge < -0.3 is 4.42 Å². The average molecular weight is 300 g/mol. The molecule has 0 unspecified atom stereocenters. The molecule has 0 bridgehead atoms. The van der Waals surface area contributed by atoms with Gasteiger partial charge in [-0.2, -0.15) is 0 Å². The highest BCUT2D eigenvalue weighted by Crippen LogP contribution is 2.24. The van der Waals surface area contributed by atoms with E-state index in [1.807, 2.05) is 0 Å². The van der Waals surface area contributed by atoms with E-state index in [-0.39, 0.29) is 5.78 Å². The topological polar surface area (TPSA) is 30.2 Å². The maximum absolute atomic E-state index is 12.0. The molecule has 0 aliphatic carbocycles. The molecule has 1 aromatic carbocycles. The van der Waals surface area contributed by atoms with Crippen LogP contribution in [0.1, 0.15) is 21.9 Å². The molecule has 1 heterocycles. The molecular formula is C12H8BrClO2. The van der Waals surface area contributed by atoms with Crippen LogP contribution in [0.3, 0.4) is 0 Å². The molecule has 16 heavy (non-hydrogen) atoms. The van der Waals surface area contributed by atoms with Crippen molar-refractivity contribution >= 4 is 33.3 Å². The minimum atomic E-state index is -0.156. The van der Waals surface area contributed by atoms with Crippen molar-refractivity contribution in [1.82, 2.24) is 0 Å². The molecule has 0 spiro atoms. The van der Waals surface area contributed by atoms with Crippen LogP contribution in [0.15, 0.2) is 39.2 Å². The van der Waals surface area contributed by atoms with Crippen LogP contribution in [-0.2, 0) is 0 Å². The Bertz CT molecular complexity index is 546. The zero-order valence-corrected chi connectivity index (χ0v) is 10.8. The summed E-state index contributed by atoms with van der Waals surface area (Å²) in [6, 6.07) is 8.46. The summed E-state index contributed by atoms with van der Waals surface area (Å²) in [5.41, 5.74) is 0.541. The summed E-state index contributed by atoms with van der Waals surface area (Å²) in [5.74, 6) is 0.894. The highest BCUT2D eigenvalue weighted by Gasteiger charge is 2.15. The fourth-order valence-electron chi connectivity index (χ4n) is 1.36. The fourth-order valence-corrected chi connectivity index (χ4v) is 2.23. The number of halogens is 2. The van der Waals surface area contributed by atoms with Gasteiger partial charge >= 0.3 is 0 Å². The molecule has 4 heteroatoms. The fraction of sp³-hybridized carbons (Fsp3) is 0.0833. The lowest BCUT2D eigenvalue weighted by atomic mass is 10.1. The summed E-state index contributed by atoms with van der Waals surface area (Å²) >= 11 is 9.11. The molecule has 0 radical (unpaired) electrons. The van der Waals surface area contributed by atoms with E-state index in [0.717, 1.165) is 0 Å². The molecule has 0 fully saturated rings. The highest BCUT2D eigenvalue weighted by atomic mass is 79.9. The molecule has 1 aromatic heterocycles. The summed E-state index contributed by atoms with van der Waals surface area (Å²) in [6.45, 7) is 1.80. The van der Waals surface area contributed by atoms with Crippen LogP contribution in [0.5, 0.6) is 0 Å². The Kier molecular flexibility index (Phi) is 3.17. The number of aryl methyl sites for hydroxylation is 1. The zero-order chi connectivity index (χ0) is 11.7. The lowest BCUT2D eigenvalue weighted by Gasteiger charge is -2.01. The molecule has 0 atom stereocenters. The average Bonchev–Trinajstić information content (AvgIpc) is 2.64. The van der Waals surface area contributed by atoms with Crippen LogP contribution >= 0.6 is 27.5 Å². The predicted octanol–water partition coefficient (Wildman–Crippen LogP) is 4.23. The van der Waals surface area contributed by atoms with Crippen molar-refractivity contribution < 1.29 is 9.21 Å². The van der Waals surface area contributed by atoms with E-state index in [1.54, 1.807) is 37.3 Å². The van der Waals surface area contributed by atoms with Gasteiger partial charge in [-0.3, -0.25) is 4.79 Å². The maximum atomic E-state index is 12.0. The SMILES string of the molecule is Cc1ccc(C(=O)c2ccc(Cl)cc2Br)o1. The van der Waals surface area contributed by atoms with E-state index < -0.39 is 0 Å². The van der Waals surface area contributed by atoms with Crippen LogP contribution in [0.25, 0.3) is 0 Å². The van der Waals surface area contributed by atoms with Gasteiger partial charge in [-0.05, 0) is 53.2 Å². The molecular weight excluding hydrogens is 291 g/mol. The van der Waals surface area contributed by atoms with Gasteiger partial charge in [0.2, 0.25) is 5.78 Å². The van der Waals surface area contributed by atoms with E-state index >= 15 is 0 Å². The standard InChI is InChI=1S/C12H8BrClO2/c1-7-2-5-11(16-7)12(15)9-4-3-8(14)6-10(9)13/h2-6H,1H3. The number of rotatable bonds is 2. The smallest absolute Gasteiger partial charge is 0.229 e. The second-order valence-electron chi connectivity index (χ2n) is 3.36. The van der Waals surface area contributed by atoms with Crippen LogP contribution in [0.2, 0.25) is 5.02 Å². The van der Waals surface area contributed by atoms with Gasteiger partial charge in [-0.1, -0.05) is 11.6 Å². The Hall–Kier alpha value is -1.06. The number of carbonyl (C=O) groups is 1. The summed E-state index contributed by atoms with van der Waals surface area (Å²) < 4.78 is 5.95. The molecule has 2 rings (SSSR count). The lowest BCUT2D eigenvalue weighted by molar-refractivity contribution is 0.101. The lowest BCUT2D eigenvalue weighted by Crippen LogP contribution is -2.00. The van der Waals surface area contributed by atoms with E-state index in [1.165, 1.54) is 0 Å². The predicted molar refractivity (Wildman–Crippen MR) is 66.0 cm³/mol. The monoisotopic (exact) mass is 298 g/mol. The number of ketones is 1. The first-order valence-corrected chi connectivity index (χ1v) is 5.81. The number of hydrogen-bond donors (Lipinski definition) is 0. The van der Waals surface area contributed by atoms with Crippen molar-refractivity contribution in [3.8, 4) is 0 Å². The van der Waals surface area contributed by atoms with Gasteiger partial charge in [0.05, 0.1) is 0 Å². The summed E-state index contributed by atoms with van der Waals surface area (Å²) in [7, 11) is 0. The van der Waals surface area contributed by atoms with Gasteiger partial charge in [0.1, 0.15) is 5.76 Å². The normalized spacial score (nSPS) is 10.4. The summed E-state index contributed by atoms with van der Waals surface area (Å²) in [4.78, 5) is 12.0. The summed E-state index contributed by atoms with van der Waals surface area (Å²) in [6.07, 6.45) is 0. The molecule has 2 aromatic rings. The van der Waals surface area contributed by atoms with E-state index in [0.29, 0.717) is 26.6 Å². The molecule has 0 saturated carbocycles. The van der Waals surface area contributed by atoms with E-state index in [4.69, 9.17) is 16.0 Å². The molecule has 2 nitrogen and oxygen atoms in total. The van der Waals surface area contributed by atoms with Crippen molar-refractivity contribution in [3.63, 3.8) is 0 Å². The summed E-state index contributed by atoms with van der Waals surface area (Å²) in [5, 5.41) is 0.582. The van der Waals surface area contributed by atoms with Crippen LogP contribution in [0.4, 0.5) is 0 Å². The van der Waals surface area contributed by atoms with Crippen molar-refractivity contribution in [2.45, 2.75) is 6.92 Å². The number of carbonyl (C=O) groups excluding carboxylic acids is 1. The van der Waals surface area contributed by atoms with E-state index in [2.05, 4.69) is 15.9 Å². The molecule has 0 aliphatic rings. The Morgan fingerprint density at radius 2 is 2.06 bits per heavy atom. The zero-order valence-electron chi connectivity index (χ0n) is 8.46. The largest absolute Gasteiger partial charge is 0.458 e. The van der Waals surface area contributed by atoms with Gasteiger partial charge in [0.15, 0.2) is 5.76 Å². The third-order valence-corrected chi connectivity index (χ3v) is 3.03. The Morgan fingerprint density at radius 1 is 1.31 bits per heavy atom. The second-order valence-corrected chi connectivity index (χ2v) is 4.65. The van der Waals surface area contributed by atoms with Gasteiger partial charge in [0, 0.05) is 15.1 Å². The van der Waals surface area contributed by atoms with Crippen LogP contribution in [0, 0.1) is 6.92 Å². The van der Waals surface area contributed by atoms with Crippen LogP contribution < -0.4 is 0 Å². The van der Waals surface area contributed by atoms with Gasteiger partial charge in [-0.25, -0.2) is 0 Å². The van der Waals surface area contributed by atoms with Gasteiger partial charge in [0.25, 0.3) is 0 Å². The van der Waals surface area contributed by atoms with E-state index in [9.17, 15) is 4.79 Å². The molecule has 0 N–H and O–H groups in total.